The molecule has 15 heavy (non-hydrogen) atoms. The van der Waals surface area contributed by atoms with Crippen LogP contribution in [0.2, 0.25) is 0 Å². The fourth-order valence-corrected chi connectivity index (χ4v) is 1.29. The third-order valence-electron chi connectivity index (χ3n) is 2.20. The van der Waals surface area contributed by atoms with Crippen LogP contribution < -0.4 is 14.8 Å². The van der Waals surface area contributed by atoms with Crippen molar-refractivity contribution in [2.75, 3.05) is 20.7 Å². The van der Waals surface area contributed by atoms with Crippen molar-refractivity contribution in [3.63, 3.8) is 0 Å². The quantitative estimate of drug-likeness (QED) is 0.778. The lowest BCUT2D eigenvalue weighted by atomic mass is 10.2. The Balaban J connectivity index is 2.42. The molecule has 0 aliphatic heterocycles. The van der Waals surface area contributed by atoms with Gasteiger partial charge in [-0.25, -0.2) is 0 Å². The summed E-state index contributed by atoms with van der Waals surface area (Å²) < 4.78 is 10.8. The zero-order chi connectivity index (χ0) is 11.1. The highest BCUT2D eigenvalue weighted by Gasteiger charge is 2.02. The maximum atomic E-state index is 5.72. The molecule has 0 bridgehead atoms. The summed E-state index contributed by atoms with van der Waals surface area (Å²) in [6.07, 6.45) is 1.23. The molecule has 0 fully saturated rings. The lowest BCUT2D eigenvalue weighted by molar-refractivity contribution is 0.211. The number of methoxy groups -OCH3 is 1. The SMILES string of the molecule is CNCCC(C)Oc1ccc(OC)cc1. The monoisotopic (exact) mass is 209 g/mol. The fraction of sp³-hybridized carbons (Fsp3) is 0.500. The van der Waals surface area contributed by atoms with Crippen LogP contribution in [0.25, 0.3) is 0 Å². The second-order valence-electron chi connectivity index (χ2n) is 3.50. The van der Waals surface area contributed by atoms with E-state index in [9.17, 15) is 0 Å². The molecule has 0 radical (unpaired) electrons. The lowest BCUT2D eigenvalue weighted by Crippen LogP contribution is -2.19. The summed E-state index contributed by atoms with van der Waals surface area (Å²) in [6, 6.07) is 7.66. The third kappa shape index (κ3) is 4.21. The van der Waals surface area contributed by atoms with Gasteiger partial charge >= 0.3 is 0 Å². The Kier molecular flexibility index (Phi) is 4.98. The first-order valence-electron chi connectivity index (χ1n) is 5.21. The van der Waals surface area contributed by atoms with E-state index in [1.807, 2.05) is 31.3 Å². The molecular weight excluding hydrogens is 190 g/mol. The van der Waals surface area contributed by atoms with Gasteiger partial charge in [0, 0.05) is 0 Å². The van der Waals surface area contributed by atoms with E-state index in [0.29, 0.717) is 0 Å². The molecule has 0 aromatic heterocycles. The molecule has 1 N–H and O–H groups in total. The van der Waals surface area contributed by atoms with Crippen molar-refractivity contribution < 1.29 is 9.47 Å². The lowest BCUT2D eigenvalue weighted by Gasteiger charge is -2.14. The van der Waals surface area contributed by atoms with E-state index < -0.39 is 0 Å². The standard InChI is InChI=1S/C12H19NO2/c1-10(8-9-13-2)15-12-6-4-11(14-3)5-7-12/h4-7,10,13H,8-9H2,1-3H3. The summed E-state index contributed by atoms with van der Waals surface area (Å²) in [4.78, 5) is 0. The van der Waals surface area contributed by atoms with Crippen LogP contribution in [0.4, 0.5) is 0 Å². The topological polar surface area (TPSA) is 30.5 Å². The van der Waals surface area contributed by atoms with E-state index in [-0.39, 0.29) is 6.10 Å². The minimum atomic E-state index is 0.228. The van der Waals surface area contributed by atoms with E-state index in [2.05, 4.69) is 12.2 Å². The Hall–Kier alpha value is -1.22. The summed E-state index contributed by atoms with van der Waals surface area (Å²) in [5.41, 5.74) is 0. The van der Waals surface area contributed by atoms with Crippen molar-refractivity contribution in [1.29, 1.82) is 0 Å². The van der Waals surface area contributed by atoms with Gasteiger partial charge in [-0.3, -0.25) is 0 Å². The largest absolute Gasteiger partial charge is 0.497 e. The minimum absolute atomic E-state index is 0.228. The van der Waals surface area contributed by atoms with Crippen molar-refractivity contribution in [2.24, 2.45) is 0 Å². The van der Waals surface area contributed by atoms with E-state index in [4.69, 9.17) is 9.47 Å². The van der Waals surface area contributed by atoms with Crippen LogP contribution in [-0.2, 0) is 0 Å². The normalized spacial score (nSPS) is 12.2. The van der Waals surface area contributed by atoms with E-state index in [1.54, 1.807) is 7.11 Å². The number of benzene rings is 1. The fourth-order valence-electron chi connectivity index (χ4n) is 1.29. The molecule has 3 nitrogen and oxygen atoms in total. The van der Waals surface area contributed by atoms with Gasteiger partial charge in [0.15, 0.2) is 0 Å². The average molecular weight is 209 g/mol. The molecule has 0 aliphatic rings. The molecule has 1 atom stereocenters. The van der Waals surface area contributed by atoms with Crippen molar-refractivity contribution in [3.8, 4) is 11.5 Å². The van der Waals surface area contributed by atoms with E-state index in [0.717, 1.165) is 24.5 Å². The Labute approximate surface area is 91.4 Å². The highest BCUT2D eigenvalue weighted by atomic mass is 16.5. The van der Waals surface area contributed by atoms with Crippen LogP contribution in [0.1, 0.15) is 13.3 Å². The average Bonchev–Trinajstić information content (AvgIpc) is 2.27. The van der Waals surface area contributed by atoms with E-state index >= 15 is 0 Å². The van der Waals surface area contributed by atoms with Crippen LogP contribution in [0.5, 0.6) is 11.5 Å². The highest BCUT2D eigenvalue weighted by molar-refractivity contribution is 5.31. The van der Waals surface area contributed by atoms with Gasteiger partial charge in [0.25, 0.3) is 0 Å². The molecule has 0 saturated carbocycles. The molecule has 1 aromatic carbocycles. The van der Waals surface area contributed by atoms with E-state index in [1.165, 1.54) is 0 Å². The molecule has 0 saturated heterocycles. The predicted molar refractivity (Wildman–Crippen MR) is 61.6 cm³/mol. The Morgan fingerprint density at radius 2 is 1.80 bits per heavy atom. The number of nitrogens with one attached hydrogen (secondary N) is 1. The molecule has 1 rings (SSSR count). The van der Waals surface area contributed by atoms with Crippen LogP contribution >= 0.6 is 0 Å². The van der Waals surface area contributed by atoms with Crippen molar-refractivity contribution >= 4 is 0 Å². The minimum Gasteiger partial charge on any atom is -0.497 e. The predicted octanol–water partition coefficient (Wildman–Crippen LogP) is 2.07. The van der Waals surface area contributed by atoms with Crippen LogP contribution in [0.3, 0.4) is 0 Å². The highest BCUT2D eigenvalue weighted by Crippen LogP contribution is 2.18. The summed E-state index contributed by atoms with van der Waals surface area (Å²) in [5, 5.41) is 3.10. The molecule has 0 aliphatic carbocycles. The molecule has 0 heterocycles. The molecule has 0 spiro atoms. The van der Waals surface area contributed by atoms with Crippen molar-refractivity contribution in [1.82, 2.24) is 5.32 Å². The number of hydrogen-bond donors (Lipinski definition) is 1. The molecular formula is C12H19NO2. The second kappa shape index (κ2) is 6.30. The molecule has 84 valence electrons. The smallest absolute Gasteiger partial charge is 0.119 e. The Morgan fingerprint density at radius 3 is 2.33 bits per heavy atom. The first-order chi connectivity index (χ1) is 7.26. The summed E-state index contributed by atoms with van der Waals surface area (Å²) in [7, 11) is 3.60. The van der Waals surface area contributed by atoms with Crippen molar-refractivity contribution in [3.05, 3.63) is 24.3 Å². The molecule has 3 heteroatoms. The maximum absolute atomic E-state index is 5.72. The Bertz CT molecular complexity index is 271. The zero-order valence-electron chi connectivity index (χ0n) is 9.62. The maximum Gasteiger partial charge on any atom is 0.119 e. The summed E-state index contributed by atoms with van der Waals surface area (Å²) >= 11 is 0. The van der Waals surface area contributed by atoms with Gasteiger partial charge in [0.05, 0.1) is 13.2 Å². The first kappa shape index (κ1) is 11.9. The molecule has 0 amide bonds. The zero-order valence-corrected chi connectivity index (χ0v) is 9.62. The van der Waals surface area contributed by atoms with Crippen LogP contribution in [0.15, 0.2) is 24.3 Å². The van der Waals surface area contributed by atoms with Crippen LogP contribution in [0, 0.1) is 0 Å². The third-order valence-corrected chi connectivity index (χ3v) is 2.20. The molecule has 1 aromatic rings. The number of hydrogen-bond acceptors (Lipinski definition) is 3. The van der Waals surface area contributed by atoms with Gasteiger partial charge in [-0.2, -0.15) is 0 Å². The van der Waals surface area contributed by atoms with Gasteiger partial charge in [-0.1, -0.05) is 0 Å². The number of ether oxygens (including phenoxy) is 2. The summed E-state index contributed by atoms with van der Waals surface area (Å²) in [6.45, 7) is 3.04. The summed E-state index contributed by atoms with van der Waals surface area (Å²) in [5.74, 6) is 1.74. The van der Waals surface area contributed by atoms with Crippen LogP contribution in [-0.4, -0.2) is 26.8 Å². The molecule has 1 unspecified atom stereocenters. The van der Waals surface area contributed by atoms with Gasteiger partial charge < -0.3 is 14.8 Å². The van der Waals surface area contributed by atoms with Gasteiger partial charge in [-0.05, 0) is 51.2 Å². The van der Waals surface area contributed by atoms with Gasteiger partial charge in [0.1, 0.15) is 11.5 Å². The van der Waals surface area contributed by atoms with Gasteiger partial charge in [-0.15, -0.1) is 0 Å². The number of rotatable bonds is 6. The second-order valence-corrected chi connectivity index (χ2v) is 3.50. The van der Waals surface area contributed by atoms with Crippen molar-refractivity contribution in [2.45, 2.75) is 19.4 Å². The Morgan fingerprint density at radius 1 is 1.20 bits per heavy atom. The first-order valence-corrected chi connectivity index (χ1v) is 5.21. The van der Waals surface area contributed by atoms with Gasteiger partial charge in [0.2, 0.25) is 0 Å².